The van der Waals surface area contributed by atoms with Gasteiger partial charge in [-0.15, -0.1) is 0 Å². The molecule has 3 heteroatoms. The molecular weight excluding hydrogens is 264 g/mol. The number of hydrogen-bond acceptors (Lipinski definition) is 3. The van der Waals surface area contributed by atoms with Gasteiger partial charge in [0.1, 0.15) is 0 Å². The van der Waals surface area contributed by atoms with Crippen molar-refractivity contribution in [3.05, 3.63) is 22.8 Å². The van der Waals surface area contributed by atoms with Gasteiger partial charge in [-0.3, -0.25) is 4.79 Å². The van der Waals surface area contributed by atoms with Crippen LogP contribution in [0.2, 0.25) is 0 Å². The molecule has 0 amide bonds. The molecule has 1 unspecified atom stereocenters. The maximum atomic E-state index is 12.5. The molecule has 1 aliphatic rings. The SMILES string of the molecule is CCOC(=O)/C(C)=C\CCC1C(=O)C(C)=C(C)CC1(C)C. The van der Waals surface area contributed by atoms with Crippen molar-refractivity contribution in [2.24, 2.45) is 11.3 Å². The predicted molar refractivity (Wildman–Crippen MR) is 84.9 cm³/mol. The van der Waals surface area contributed by atoms with Gasteiger partial charge >= 0.3 is 5.97 Å². The molecule has 0 N–H and O–H groups in total. The fraction of sp³-hybridized carbons (Fsp3) is 0.667. The molecule has 0 saturated carbocycles. The fourth-order valence-corrected chi connectivity index (χ4v) is 3.08. The molecule has 1 atom stereocenters. The van der Waals surface area contributed by atoms with Gasteiger partial charge in [-0.1, -0.05) is 25.5 Å². The number of ether oxygens (including phenoxy) is 1. The summed E-state index contributed by atoms with van der Waals surface area (Å²) in [6.45, 7) is 12.3. The maximum Gasteiger partial charge on any atom is 0.333 e. The molecule has 0 saturated heterocycles. The van der Waals surface area contributed by atoms with E-state index in [1.54, 1.807) is 13.8 Å². The molecule has 0 spiro atoms. The van der Waals surface area contributed by atoms with Gasteiger partial charge in [-0.05, 0) is 57.9 Å². The van der Waals surface area contributed by atoms with E-state index in [0.29, 0.717) is 12.2 Å². The third-order valence-electron chi connectivity index (χ3n) is 4.49. The summed E-state index contributed by atoms with van der Waals surface area (Å²) in [6, 6.07) is 0. The third-order valence-corrected chi connectivity index (χ3v) is 4.49. The lowest BCUT2D eigenvalue weighted by atomic mass is 9.65. The van der Waals surface area contributed by atoms with Crippen LogP contribution in [-0.2, 0) is 14.3 Å². The number of carbonyl (C=O) groups is 2. The van der Waals surface area contributed by atoms with Crippen LogP contribution in [0.25, 0.3) is 0 Å². The Balaban J connectivity index is 2.73. The molecule has 0 fully saturated rings. The Kier molecular flexibility index (Phi) is 5.94. The molecule has 0 bridgehead atoms. The summed E-state index contributed by atoms with van der Waals surface area (Å²) in [6.07, 6.45) is 4.38. The number of allylic oxidation sites excluding steroid dienone is 3. The van der Waals surface area contributed by atoms with Crippen molar-refractivity contribution in [3.8, 4) is 0 Å². The van der Waals surface area contributed by atoms with Crippen LogP contribution in [0.15, 0.2) is 22.8 Å². The van der Waals surface area contributed by atoms with Crippen molar-refractivity contribution in [2.45, 2.75) is 60.8 Å². The Bertz CT molecular complexity index is 481. The average molecular weight is 292 g/mol. The summed E-state index contributed by atoms with van der Waals surface area (Å²) in [7, 11) is 0. The molecule has 1 rings (SSSR count). The Morgan fingerprint density at radius 2 is 2.00 bits per heavy atom. The monoisotopic (exact) mass is 292 g/mol. The Morgan fingerprint density at radius 1 is 1.38 bits per heavy atom. The minimum absolute atomic E-state index is 0.00759. The van der Waals surface area contributed by atoms with E-state index in [-0.39, 0.29) is 23.1 Å². The fourth-order valence-electron chi connectivity index (χ4n) is 3.08. The number of rotatable bonds is 5. The van der Waals surface area contributed by atoms with E-state index in [1.165, 1.54) is 5.57 Å². The summed E-state index contributed by atoms with van der Waals surface area (Å²) < 4.78 is 4.96. The average Bonchev–Trinajstić information content (AvgIpc) is 2.39. The Labute approximate surface area is 128 Å². The second-order valence-electron chi connectivity index (χ2n) is 6.67. The number of ketones is 1. The lowest BCUT2D eigenvalue weighted by Gasteiger charge is -2.38. The normalized spacial score (nSPS) is 22.5. The molecule has 3 nitrogen and oxygen atoms in total. The summed E-state index contributed by atoms with van der Waals surface area (Å²) in [5, 5.41) is 0. The molecule has 0 aromatic rings. The number of hydrogen-bond donors (Lipinski definition) is 0. The molecule has 0 aromatic heterocycles. The van der Waals surface area contributed by atoms with E-state index < -0.39 is 0 Å². The van der Waals surface area contributed by atoms with Crippen LogP contribution in [0.5, 0.6) is 0 Å². The second kappa shape index (κ2) is 7.06. The topological polar surface area (TPSA) is 43.4 Å². The van der Waals surface area contributed by atoms with Crippen LogP contribution in [0, 0.1) is 11.3 Å². The first-order valence-corrected chi connectivity index (χ1v) is 7.75. The number of esters is 1. The molecule has 0 aliphatic heterocycles. The minimum Gasteiger partial charge on any atom is -0.463 e. The lowest BCUT2D eigenvalue weighted by molar-refractivity contribution is -0.138. The quantitative estimate of drug-likeness (QED) is 0.562. The maximum absolute atomic E-state index is 12.5. The summed E-state index contributed by atoms with van der Waals surface area (Å²) >= 11 is 0. The van der Waals surface area contributed by atoms with Crippen molar-refractivity contribution in [1.82, 2.24) is 0 Å². The van der Waals surface area contributed by atoms with Gasteiger partial charge in [0.25, 0.3) is 0 Å². The highest BCUT2D eigenvalue weighted by molar-refractivity contribution is 5.98. The van der Waals surface area contributed by atoms with Gasteiger partial charge < -0.3 is 4.74 Å². The molecule has 0 radical (unpaired) electrons. The van der Waals surface area contributed by atoms with Gasteiger partial charge in [0.15, 0.2) is 5.78 Å². The Morgan fingerprint density at radius 3 is 2.57 bits per heavy atom. The van der Waals surface area contributed by atoms with E-state index in [9.17, 15) is 9.59 Å². The molecule has 1 aliphatic carbocycles. The standard InChI is InChI=1S/C18H28O3/c1-7-21-17(20)12(2)9-8-10-15-16(19)14(4)13(3)11-18(15,5)6/h9,15H,7-8,10-11H2,1-6H3/b12-9-. The highest BCUT2D eigenvalue weighted by Crippen LogP contribution is 2.43. The van der Waals surface area contributed by atoms with Gasteiger partial charge in [0.05, 0.1) is 6.61 Å². The van der Waals surface area contributed by atoms with Crippen LogP contribution in [0.4, 0.5) is 0 Å². The molecule has 0 heterocycles. The van der Waals surface area contributed by atoms with Gasteiger partial charge in [-0.2, -0.15) is 0 Å². The van der Waals surface area contributed by atoms with Crippen LogP contribution < -0.4 is 0 Å². The van der Waals surface area contributed by atoms with E-state index in [0.717, 1.165) is 24.8 Å². The number of carbonyl (C=O) groups excluding carboxylic acids is 2. The van der Waals surface area contributed by atoms with E-state index in [1.807, 2.05) is 13.0 Å². The Hall–Kier alpha value is -1.38. The van der Waals surface area contributed by atoms with Gasteiger partial charge in [0.2, 0.25) is 0 Å². The summed E-state index contributed by atoms with van der Waals surface area (Å²) in [4.78, 5) is 24.0. The van der Waals surface area contributed by atoms with Crippen LogP contribution in [0.1, 0.15) is 60.8 Å². The third kappa shape index (κ3) is 4.29. The van der Waals surface area contributed by atoms with Crippen LogP contribution in [-0.4, -0.2) is 18.4 Å². The largest absolute Gasteiger partial charge is 0.463 e. The molecule has 21 heavy (non-hydrogen) atoms. The van der Waals surface area contributed by atoms with Crippen molar-refractivity contribution in [3.63, 3.8) is 0 Å². The smallest absolute Gasteiger partial charge is 0.333 e. The zero-order chi connectivity index (χ0) is 16.2. The van der Waals surface area contributed by atoms with Crippen LogP contribution in [0.3, 0.4) is 0 Å². The lowest BCUT2D eigenvalue weighted by Crippen LogP contribution is -2.36. The van der Waals surface area contributed by atoms with Crippen molar-refractivity contribution in [2.75, 3.05) is 6.61 Å². The van der Waals surface area contributed by atoms with E-state index in [2.05, 4.69) is 20.8 Å². The first-order chi connectivity index (χ1) is 9.70. The first kappa shape index (κ1) is 17.7. The van der Waals surface area contributed by atoms with E-state index in [4.69, 9.17) is 4.74 Å². The van der Waals surface area contributed by atoms with Crippen molar-refractivity contribution >= 4 is 11.8 Å². The molecular formula is C18H28O3. The van der Waals surface area contributed by atoms with Crippen LogP contribution >= 0.6 is 0 Å². The van der Waals surface area contributed by atoms with E-state index >= 15 is 0 Å². The minimum atomic E-state index is -0.265. The highest BCUT2D eigenvalue weighted by atomic mass is 16.5. The molecule has 118 valence electrons. The van der Waals surface area contributed by atoms with Crippen molar-refractivity contribution in [1.29, 1.82) is 0 Å². The zero-order valence-electron chi connectivity index (χ0n) is 14.2. The molecule has 0 aromatic carbocycles. The summed E-state index contributed by atoms with van der Waals surface area (Å²) in [5.41, 5.74) is 2.75. The first-order valence-electron chi connectivity index (χ1n) is 7.75. The zero-order valence-corrected chi connectivity index (χ0v) is 14.2. The van der Waals surface area contributed by atoms with Crippen molar-refractivity contribution < 1.29 is 14.3 Å². The van der Waals surface area contributed by atoms with Gasteiger partial charge in [-0.25, -0.2) is 4.79 Å². The predicted octanol–water partition coefficient (Wildman–Crippen LogP) is 4.23. The number of Topliss-reactive ketones (excluding diaryl/α,β-unsaturated/α-hetero) is 1. The summed E-state index contributed by atoms with van der Waals surface area (Å²) in [5.74, 6) is 0.0389. The van der Waals surface area contributed by atoms with Gasteiger partial charge in [0, 0.05) is 11.5 Å². The highest BCUT2D eigenvalue weighted by Gasteiger charge is 2.39. The second-order valence-corrected chi connectivity index (χ2v) is 6.67.